The Morgan fingerprint density at radius 3 is 2.61 bits per heavy atom. The monoisotopic (exact) mass is 423 g/mol. The number of aromatic amines is 1. The van der Waals surface area contributed by atoms with Crippen LogP contribution in [-0.2, 0) is 17.6 Å². The van der Waals surface area contributed by atoms with Gasteiger partial charge in [-0.3, -0.25) is 4.79 Å². The molecule has 0 saturated carbocycles. The summed E-state index contributed by atoms with van der Waals surface area (Å²) in [6.07, 6.45) is 3.78. The van der Waals surface area contributed by atoms with E-state index in [4.69, 9.17) is 10.5 Å². The maximum Gasteiger partial charge on any atom is 0.220 e. The van der Waals surface area contributed by atoms with Gasteiger partial charge in [-0.1, -0.05) is 36.4 Å². The van der Waals surface area contributed by atoms with E-state index in [0.29, 0.717) is 19.4 Å². The third kappa shape index (κ3) is 6.16. The normalized spacial score (nSPS) is 11.2. The van der Waals surface area contributed by atoms with Crippen LogP contribution in [0.25, 0.3) is 10.9 Å². The lowest BCUT2D eigenvalue weighted by Crippen LogP contribution is -2.38. The maximum atomic E-state index is 12.1. The van der Waals surface area contributed by atoms with Gasteiger partial charge in [0.1, 0.15) is 5.75 Å². The average molecular weight is 424 g/mol. The summed E-state index contributed by atoms with van der Waals surface area (Å²) < 4.78 is 5.32. The van der Waals surface area contributed by atoms with E-state index >= 15 is 0 Å². The summed E-state index contributed by atoms with van der Waals surface area (Å²) in [5.41, 5.74) is 9.53. The Kier molecular flexibility index (Phi) is 9.87. The molecule has 3 aromatic rings. The summed E-state index contributed by atoms with van der Waals surface area (Å²) in [4.78, 5) is 15.4. The van der Waals surface area contributed by atoms with Crippen molar-refractivity contribution in [1.82, 2.24) is 10.3 Å². The molecule has 4 N–H and O–H groups in total. The van der Waals surface area contributed by atoms with Gasteiger partial charge in [-0.2, -0.15) is 0 Å². The molecule has 0 aliphatic heterocycles. The van der Waals surface area contributed by atoms with Crippen LogP contribution in [0.1, 0.15) is 17.5 Å². The summed E-state index contributed by atoms with van der Waals surface area (Å²) in [6.45, 7) is 0.463. The van der Waals surface area contributed by atoms with E-state index in [1.807, 2.05) is 48.7 Å². The topological polar surface area (TPSA) is 80.1 Å². The summed E-state index contributed by atoms with van der Waals surface area (Å²) in [7, 11) is 1.64. The number of hydrogen-bond acceptors (Lipinski definition) is 3. The van der Waals surface area contributed by atoms with Crippen molar-refractivity contribution < 1.29 is 9.53 Å². The molecule has 152 valence electrons. The third-order valence-corrected chi connectivity index (χ3v) is 4.53. The molecule has 1 amide bonds. The van der Waals surface area contributed by atoms with Gasteiger partial charge in [-0.05, 0) is 36.1 Å². The van der Waals surface area contributed by atoms with Gasteiger partial charge in [-0.25, -0.2) is 0 Å². The number of rotatable bonds is 8. The highest BCUT2D eigenvalue weighted by atomic mass is 35.5. The lowest BCUT2D eigenvalue weighted by Gasteiger charge is -2.13. The zero-order chi connectivity index (χ0) is 18.4. The van der Waals surface area contributed by atoms with Gasteiger partial charge in [0.25, 0.3) is 0 Å². The third-order valence-electron chi connectivity index (χ3n) is 4.53. The molecule has 5 nitrogen and oxygen atoms in total. The van der Waals surface area contributed by atoms with E-state index in [1.54, 1.807) is 7.11 Å². The van der Waals surface area contributed by atoms with Crippen molar-refractivity contribution in [3.05, 3.63) is 65.9 Å². The summed E-state index contributed by atoms with van der Waals surface area (Å²) in [5, 5.41) is 4.12. The minimum Gasteiger partial charge on any atom is -0.496 e. The number of carbonyl (C=O) groups is 1. The number of halogens is 2. The van der Waals surface area contributed by atoms with Gasteiger partial charge in [0.2, 0.25) is 5.91 Å². The Morgan fingerprint density at radius 2 is 1.82 bits per heavy atom. The van der Waals surface area contributed by atoms with E-state index in [2.05, 4.69) is 16.4 Å². The SMILES string of the molecule is COc1ccccc1CCC(=O)NC[C@H](N)Cc1c[nH]c2ccccc12.Cl.Cl. The first-order chi connectivity index (χ1) is 12.7. The Hall–Kier alpha value is -2.21. The van der Waals surface area contributed by atoms with Crippen LogP contribution in [0.5, 0.6) is 5.75 Å². The van der Waals surface area contributed by atoms with Crippen molar-refractivity contribution in [3.8, 4) is 5.75 Å². The molecule has 0 aliphatic rings. The number of H-pyrrole nitrogens is 1. The van der Waals surface area contributed by atoms with Crippen molar-refractivity contribution in [2.24, 2.45) is 5.73 Å². The first-order valence-corrected chi connectivity index (χ1v) is 8.86. The van der Waals surface area contributed by atoms with Gasteiger partial charge in [0.15, 0.2) is 0 Å². The first kappa shape index (κ1) is 23.8. The Balaban J connectivity index is 0.00000196. The van der Waals surface area contributed by atoms with Crippen LogP contribution in [-0.4, -0.2) is 30.6 Å². The van der Waals surface area contributed by atoms with E-state index in [1.165, 1.54) is 10.9 Å². The molecule has 1 heterocycles. The summed E-state index contributed by atoms with van der Waals surface area (Å²) in [5.74, 6) is 0.821. The van der Waals surface area contributed by atoms with Gasteiger partial charge >= 0.3 is 0 Å². The fourth-order valence-electron chi connectivity index (χ4n) is 3.15. The quantitative estimate of drug-likeness (QED) is 0.517. The minimum absolute atomic E-state index is 0. The lowest BCUT2D eigenvalue weighted by atomic mass is 10.1. The molecule has 28 heavy (non-hydrogen) atoms. The van der Waals surface area contributed by atoms with Crippen LogP contribution < -0.4 is 15.8 Å². The van der Waals surface area contributed by atoms with Crippen molar-refractivity contribution in [3.63, 3.8) is 0 Å². The largest absolute Gasteiger partial charge is 0.496 e. The summed E-state index contributed by atoms with van der Waals surface area (Å²) >= 11 is 0. The van der Waals surface area contributed by atoms with E-state index in [-0.39, 0.29) is 36.8 Å². The van der Waals surface area contributed by atoms with Crippen LogP contribution in [0, 0.1) is 0 Å². The Bertz CT molecular complexity index is 883. The van der Waals surface area contributed by atoms with Crippen LogP contribution in [0.3, 0.4) is 0 Å². The number of nitrogens with one attached hydrogen (secondary N) is 2. The lowest BCUT2D eigenvalue weighted by molar-refractivity contribution is -0.121. The van der Waals surface area contributed by atoms with Gasteiger partial charge < -0.3 is 20.8 Å². The molecule has 0 bridgehead atoms. The average Bonchev–Trinajstić information content (AvgIpc) is 3.08. The van der Waals surface area contributed by atoms with Crippen LogP contribution in [0.15, 0.2) is 54.7 Å². The molecule has 0 saturated heterocycles. The number of ether oxygens (including phenoxy) is 1. The first-order valence-electron chi connectivity index (χ1n) is 8.86. The van der Waals surface area contributed by atoms with Crippen molar-refractivity contribution >= 4 is 41.6 Å². The van der Waals surface area contributed by atoms with Gasteiger partial charge in [0.05, 0.1) is 7.11 Å². The van der Waals surface area contributed by atoms with Crippen LogP contribution in [0.4, 0.5) is 0 Å². The molecule has 0 spiro atoms. The van der Waals surface area contributed by atoms with E-state index in [0.717, 1.165) is 23.3 Å². The standard InChI is InChI=1S/C21H25N3O2.2ClH/c1-26-20-9-5-2-6-15(20)10-11-21(25)24-14-17(22)12-16-13-23-19-8-4-3-7-18(16)19;;/h2-9,13,17,23H,10-12,14,22H2,1H3,(H,24,25);2*1H/t17-;;/m1../s1. The number of carbonyl (C=O) groups excluding carboxylic acids is 1. The number of fused-ring (bicyclic) bond motifs is 1. The van der Waals surface area contributed by atoms with E-state index < -0.39 is 0 Å². The molecular weight excluding hydrogens is 397 g/mol. The van der Waals surface area contributed by atoms with Crippen LogP contribution >= 0.6 is 24.8 Å². The highest BCUT2D eigenvalue weighted by Gasteiger charge is 2.11. The molecule has 0 radical (unpaired) electrons. The molecule has 3 rings (SSSR count). The number of aromatic nitrogens is 1. The molecule has 7 heteroatoms. The Morgan fingerprint density at radius 1 is 1.11 bits per heavy atom. The van der Waals surface area contributed by atoms with Gasteiger partial charge in [-0.15, -0.1) is 24.8 Å². The van der Waals surface area contributed by atoms with Crippen molar-refractivity contribution in [2.75, 3.05) is 13.7 Å². The molecule has 0 aliphatic carbocycles. The number of para-hydroxylation sites is 2. The number of aryl methyl sites for hydroxylation is 1. The second-order valence-electron chi connectivity index (χ2n) is 6.44. The fourth-order valence-corrected chi connectivity index (χ4v) is 3.15. The number of amides is 1. The highest BCUT2D eigenvalue weighted by molar-refractivity contribution is 5.85. The van der Waals surface area contributed by atoms with Gasteiger partial charge in [0, 0.05) is 36.1 Å². The number of nitrogens with two attached hydrogens (primary N) is 1. The Labute approximate surface area is 177 Å². The van der Waals surface area contributed by atoms with Crippen LogP contribution in [0.2, 0.25) is 0 Å². The fraction of sp³-hybridized carbons (Fsp3) is 0.286. The molecule has 0 unspecified atom stereocenters. The predicted molar refractivity (Wildman–Crippen MR) is 119 cm³/mol. The number of methoxy groups -OCH3 is 1. The molecule has 1 aromatic heterocycles. The maximum absolute atomic E-state index is 12.1. The van der Waals surface area contributed by atoms with E-state index in [9.17, 15) is 4.79 Å². The molecular formula is C21H27Cl2N3O2. The summed E-state index contributed by atoms with van der Waals surface area (Å²) in [6, 6.07) is 15.8. The minimum atomic E-state index is -0.121. The highest BCUT2D eigenvalue weighted by Crippen LogP contribution is 2.19. The van der Waals surface area contributed by atoms with Crippen molar-refractivity contribution in [1.29, 1.82) is 0 Å². The smallest absolute Gasteiger partial charge is 0.220 e. The molecule has 1 atom stereocenters. The molecule has 0 fully saturated rings. The second kappa shape index (κ2) is 11.6. The zero-order valence-electron chi connectivity index (χ0n) is 15.8. The number of benzene rings is 2. The zero-order valence-corrected chi connectivity index (χ0v) is 17.4. The predicted octanol–water partition coefficient (Wildman–Crippen LogP) is 3.64. The second-order valence-corrected chi connectivity index (χ2v) is 6.44. The van der Waals surface area contributed by atoms with Crippen molar-refractivity contribution in [2.45, 2.75) is 25.3 Å². The molecule has 2 aromatic carbocycles. The number of hydrogen-bond donors (Lipinski definition) is 3.